The zero-order chi connectivity index (χ0) is 19.0. The van der Waals surface area contributed by atoms with Crippen molar-refractivity contribution < 1.29 is 9.53 Å². The van der Waals surface area contributed by atoms with Crippen molar-refractivity contribution in [3.63, 3.8) is 0 Å². The summed E-state index contributed by atoms with van der Waals surface area (Å²) in [5, 5.41) is 10.3. The van der Waals surface area contributed by atoms with Crippen LogP contribution in [0.25, 0.3) is 0 Å². The summed E-state index contributed by atoms with van der Waals surface area (Å²) >= 11 is 1.46. The number of ether oxygens (including phenoxy) is 1. The van der Waals surface area contributed by atoms with Crippen LogP contribution in [0.3, 0.4) is 0 Å². The molecule has 1 fully saturated rings. The van der Waals surface area contributed by atoms with Gasteiger partial charge in [-0.1, -0.05) is 11.3 Å². The Morgan fingerprint density at radius 3 is 2.78 bits per heavy atom. The van der Waals surface area contributed by atoms with Crippen LogP contribution in [0.2, 0.25) is 0 Å². The lowest BCUT2D eigenvalue weighted by Crippen LogP contribution is -2.36. The maximum absolute atomic E-state index is 13.1. The number of carbonyl (C=O) groups excluding carboxylic acids is 1. The summed E-state index contributed by atoms with van der Waals surface area (Å²) < 4.78 is 5.39. The van der Waals surface area contributed by atoms with Crippen molar-refractivity contribution >= 4 is 22.4 Å². The van der Waals surface area contributed by atoms with E-state index in [9.17, 15) is 10.1 Å². The van der Waals surface area contributed by atoms with Crippen LogP contribution in [-0.2, 0) is 17.7 Å². The molecule has 0 aromatic carbocycles. The van der Waals surface area contributed by atoms with Crippen LogP contribution in [0.1, 0.15) is 37.7 Å². The zero-order valence-corrected chi connectivity index (χ0v) is 16.3. The fourth-order valence-corrected chi connectivity index (χ4v) is 4.67. The average molecular weight is 383 g/mol. The molecule has 8 heteroatoms. The van der Waals surface area contributed by atoms with E-state index >= 15 is 0 Å². The summed E-state index contributed by atoms with van der Waals surface area (Å²) in [6.07, 6.45) is 2.48. The molecule has 7 nitrogen and oxygen atoms in total. The number of hydrogen-bond donors (Lipinski definition) is 0. The number of morpholine rings is 1. The largest absolute Gasteiger partial charge is 0.378 e. The molecule has 0 bridgehead atoms. The van der Waals surface area contributed by atoms with Gasteiger partial charge in [-0.15, -0.1) is 0 Å². The molecule has 0 spiro atoms. The van der Waals surface area contributed by atoms with E-state index in [0.717, 1.165) is 40.7 Å². The highest BCUT2D eigenvalue weighted by Gasteiger charge is 2.28. The van der Waals surface area contributed by atoms with Gasteiger partial charge in [-0.3, -0.25) is 9.78 Å². The van der Waals surface area contributed by atoms with Gasteiger partial charge >= 0.3 is 0 Å². The van der Waals surface area contributed by atoms with Gasteiger partial charge in [-0.2, -0.15) is 5.26 Å². The minimum absolute atomic E-state index is 0.00856. The highest BCUT2D eigenvalue weighted by Crippen LogP contribution is 2.30. The number of rotatable bonds is 2. The Hall–Kier alpha value is -2.50. The Morgan fingerprint density at radius 2 is 2.04 bits per heavy atom. The number of nitrogens with zero attached hydrogens (tertiary/aromatic N) is 5. The van der Waals surface area contributed by atoms with Gasteiger partial charge in [0.05, 0.1) is 30.2 Å². The van der Waals surface area contributed by atoms with E-state index in [2.05, 4.69) is 20.9 Å². The van der Waals surface area contributed by atoms with Gasteiger partial charge in [0.1, 0.15) is 10.9 Å². The second-order valence-corrected chi connectivity index (χ2v) is 7.80. The van der Waals surface area contributed by atoms with Crippen molar-refractivity contribution in [3.8, 4) is 6.07 Å². The van der Waals surface area contributed by atoms with Crippen LogP contribution in [0.5, 0.6) is 0 Å². The number of nitriles is 1. The van der Waals surface area contributed by atoms with Crippen LogP contribution >= 0.6 is 11.3 Å². The molecule has 4 heterocycles. The SMILES string of the molecule is Cc1nc(N2CCOCC2)sc1C(=O)N1CCc2c(cnc(C)c2C#N)C1. The molecule has 0 saturated carbocycles. The second kappa shape index (κ2) is 7.25. The molecule has 2 aliphatic rings. The summed E-state index contributed by atoms with van der Waals surface area (Å²) in [5.74, 6) is 0.00856. The molecular formula is C19H21N5O2S. The van der Waals surface area contributed by atoms with E-state index in [1.165, 1.54) is 11.3 Å². The Labute approximate surface area is 162 Å². The molecule has 0 unspecified atom stereocenters. The van der Waals surface area contributed by atoms with Crippen LogP contribution in [0.15, 0.2) is 6.20 Å². The maximum Gasteiger partial charge on any atom is 0.266 e. The summed E-state index contributed by atoms with van der Waals surface area (Å²) in [6, 6.07) is 2.26. The van der Waals surface area contributed by atoms with Crippen molar-refractivity contribution in [2.45, 2.75) is 26.8 Å². The number of thiazole rings is 1. The van der Waals surface area contributed by atoms with Crippen molar-refractivity contribution in [1.82, 2.24) is 14.9 Å². The number of hydrogen-bond acceptors (Lipinski definition) is 7. The zero-order valence-electron chi connectivity index (χ0n) is 15.5. The summed E-state index contributed by atoms with van der Waals surface area (Å²) in [7, 11) is 0. The van der Waals surface area contributed by atoms with Gasteiger partial charge < -0.3 is 14.5 Å². The number of aromatic nitrogens is 2. The number of aryl methyl sites for hydroxylation is 2. The first-order chi connectivity index (χ1) is 13.1. The third-order valence-corrected chi connectivity index (χ3v) is 6.32. The van der Waals surface area contributed by atoms with Gasteiger partial charge in [-0.05, 0) is 31.4 Å². The average Bonchev–Trinajstić information content (AvgIpc) is 3.09. The standard InChI is InChI=1S/C19H21N5O2S/c1-12-16(9-20)15-3-4-24(11-14(15)10-21-12)18(25)17-13(2)22-19(27-17)23-5-7-26-8-6-23/h10H,3-8,11H2,1-2H3. The van der Waals surface area contributed by atoms with Crippen LogP contribution in [0, 0.1) is 25.2 Å². The molecule has 2 aromatic rings. The quantitative estimate of drug-likeness (QED) is 0.789. The maximum atomic E-state index is 13.1. The van der Waals surface area contributed by atoms with Gasteiger partial charge in [0.15, 0.2) is 5.13 Å². The second-order valence-electron chi connectivity index (χ2n) is 6.82. The first kappa shape index (κ1) is 17.9. The van der Waals surface area contributed by atoms with E-state index in [1.54, 1.807) is 6.20 Å². The fraction of sp³-hybridized carbons (Fsp3) is 0.474. The van der Waals surface area contributed by atoms with Crippen molar-refractivity contribution in [3.05, 3.63) is 39.2 Å². The van der Waals surface area contributed by atoms with Gasteiger partial charge in [0.2, 0.25) is 0 Å². The summed E-state index contributed by atoms with van der Waals surface area (Å²) in [6.45, 7) is 7.83. The Morgan fingerprint density at radius 1 is 1.26 bits per heavy atom. The number of pyridine rings is 1. The molecule has 0 N–H and O–H groups in total. The molecule has 4 rings (SSSR count). The normalized spacial score (nSPS) is 16.8. The van der Waals surface area contributed by atoms with E-state index in [4.69, 9.17) is 4.74 Å². The smallest absolute Gasteiger partial charge is 0.266 e. The number of fused-ring (bicyclic) bond motifs is 1. The summed E-state index contributed by atoms with van der Waals surface area (Å²) in [4.78, 5) is 26.8. The number of amides is 1. The monoisotopic (exact) mass is 383 g/mol. The predicted molar refractivity (Wildman–Crippen MR) is 102 cm³/mol. The molecule has 2 aromatic heterocycles. The molecule has 0 atom stereocenters. The third-order valence-electron chi connectivity index (χ3n) is 5.12. The Bertz CT molecular complexity index is 927. The number of carbonyl (C=O) groups is 1. The van der Waals surface area contributed by atoms with Crippen molar-refractivity contribution in [1.29, 1.82) is 5.26 Å². The van der Waals surface area contributed by atoms with Gasteiger partial charge in [0.25, 0.3) is 5.91 Å². The molecule has 140 valence electrons. The molecule has 0 radical (unpaired) electrons. The topological polar surface area (TPSA) is 82.4 Å². The Kier molecular flexibility index (Phi) is 4.81. The third kappa shape index (κ3) is 3.29. The van der Waals surface area contributed by atoms with E-state index in [1.807, 2.05) is 18.7 Å². The van der Waals surface area contributed by atoms with E-state index in [0.29, 0.717) is 43.2 Å². The molecule has 27 heavy (non-hydrogen) atoms. The van der Waals surface area contributed by atoms with Gasteiger partial charge in [0, 0.05) is 32.4 Å². The number of anilines is 1. The first-order valence-corrected chi connectivity index (χ1v) is 9.87. The molecular weight excluding hydrogens is 362 g/mol. The minimum atomic E-state index is 0.00856. The van der Waals surface area contributed by atoms with Crippen molar-refractivity contribution in [2.75, 3.05) is 37.7 Å². The van der Waals surface area contributed by atoms with E-state index in [-0.39, 0.29) is 5.91 Å². The minimum Gasteiger partial charge on any atom is -0.378 e. The molecule has 2 aliphatic heterocycles. The fourth-order valence-electron chi connectivity index (χ4n) is 3.59. The molecule has 1 amide bonds. The van der Waals surface area contributed by atoms with Crippen molar-refractivity contribution in [2.24, 2.45) is 0 Å². The van der Waals surface area contributed by atoms with Crippen LogP contribution in [-0.4, -0.2) is 53.6 Å². The van der Waals surface area contributed by atoms with Crippen LogP contribution in [0.4, 0.5) is 5.13 Å². The lowest BCUT2D eigenvalue weighted by Gasteiger charge is -2.29. The highest BCUT2D eigenvalue weighted by atomic mass is 32.1. The highest BCUT2D eigenvalue weighted by molar-refractivity contribution is 7.17. The van der Waals surface area contributed by atoms with Gasteiger partial charge in [-0.25, -0.2) is 4.98 Å². The Balaban J connectivity index is 1.56. The predicted octanol–water partition coefficient (Wildman–Crippen LogP) is 2.06. The lowest BCUT2D eigenvalue weighted by atomic mass is 9.95. The van der Waals surface area contributed by atoms with Crippen LogP contribution < -0.4 is 4.90 Å². The lowest BCUT2D eigenvalue weighted by molar-refractivity contribution is 0.0738. The molecule has 1 saturated heterocycles. The summed E-state index contributed by atoms with van der Waals surface area (Å²) in [5.41, 5.74) is 4.18. The molecule has 0 aliphatic carbocycles. The first-order valence-electron chi connectivity index (χ1n) is 9.05. The van der Waals surface area contributed by atoms with E-state index < -0.39 is 0 Å².